The topological polar surface area (TPSA) is 72.2 Å². The molecule has 17 heavy (non-hydrogen) atoms. The molecule has 0 heterocycles. The second-order valence-corrected chi connectivity index (χ2v) is 6.53. The van der Waals surface area contributed by atoms with E-state index in [4.69, 9.17) is 5.73 Å². The first kappa shape index (κ1) is 16.6. The Hall–Kier alpha value is -0.420. The summed E-state index contributed by atoms with van der Waals surface area (Å²) in [5, 5.41) is 2.37. The van der Waals surface area contributed by atoms with E-state index in [0.29, 0.717) is 19.5 Å². The average Bonchev–Trinajstić information content (AvgIpc) is 2.32. The van der Waals surface area contributed by atoms with Gasteiger partial charge in [0.25, 0.3) is 0 Å². The van der Waals surface area contributed by atoms with Crippen LogP contribution in [0.5, 0.6) is 0 Å². The van der Waals surface area contributed by atoms with Crippen molar-refractivity contribution in [3.8, 4) is 0 Å². The molecule has 4 nitrogen and oxygen atoms in total. The molecule has 3 unspecified atom stereocenters. The lowest BCUT2D eigenvalue weighted by Gasteiger charge is -2.16. The highest BCUT2D eigenvalue weighted by Gasteiger charge is 2.23. The van der Waals surface area contributed by atoms with Crippen molar-refractivity contribution in [2.45, 2.75) is 57.0 Å². The van der Waals surface area contributed by atoms with E-state index in [1.807, 2.05) is 6.92 Å². The van der Waals surface area contributed by atoms with Crippen molar-refractivity contribution >= 4 is 16.7 Å². The van der Waals surface area contributed by atoms with Crippen molar-refractivity contribution in [3.63, 3.8) is 0 Å². The van der Waals surface area contributed by atoms with Crippen LogP contribution in [0.25, 0.3) is 0 Å². The van der Waals surface area contributed by atoms with Gasteiger partial charge in [-0.25, -0.2) is 0 Å². The zero-order chi connectivity index (χ0) is 13.3. The second-order valence-electron chi connectivity index (χ2n) is 4.36. The standard InChI is InChI=1S/C12H26N2O2S/c1-4-5-6-9-14-12(15)11(3)17(16)10(2)7-8-13/h10-11H,4-9,13H2,1-3H3,(H,14,15). The predicted molar refractivity (Wildman–Crippen MR) is 73.3 cm³/mol. The van der Waals surface area contributed by atoms with E-state index >= 15 is 0 Å². The Morgan fingerprint density at radius 2 is 2.00 bits per heavy atom. The number of carbonyl (C=O) groups is 1. The van der Waals surface area contributed by atoms with Crippen molar-refractivity contribution in [2.75, 3.05) is 13.1 Å². The molecule has 0 fully saturated rings. The number of amides is 1. The zero-order valence-electron chi connectivity index (χ0n) is 11.2. The van der Waals surface area contributed by atoms with Crippen LogP contribution < -0.4 is 11.1 Å². The van der Waals surface area contributed by atoms with Gasteiger partial charge in [-0.15, -0.1) is 0 Å². The molecule has 0 aromatic carbocycles. The first-order valence-electron chi connectivity index (χ1n) is 6.41. The molecule has 0 saturated carbocycles. The Labute approximate surface area is 107 Å². The zero-order valence-corrected chi connectivity index (χ0v) is 12.0. The lowest BCUT2D eigenvalue weighted by molar-refractivity contribution is -0.120. The molecule has 0 aliphatic carbocycles. The molecule has 1 amide bonds. The van der Waals surface area contributed by atoms with Crippen LogP contribution in [0.2, 0.25) is 0 Å². The SMILES string of the molecule is CCCCCNC(=O)C(C)S(=O)C(C)CCN. The molecule has 102 valence electrons. The summed E-state index contributed by atoms with van der Waals surface area (Å²) in [7, 11) is -1.14. The van der Waals surface area contributed by atoms with Gasteiger partial charge in [0.1, 0.15) is 5.25 Å². The molecular formula is C12H26N2O2S. The van der Waals surface area contributed by atoms with Crippen LogP contribution >= 0.6 is 0 Å². The van der Waals surface area contributed by atoms with Crippen LogP contribution in [0, 0.1) is 0 Å². The smallest absolute Gasteiger partial charge is 0.235 e. The monoisotopic (exact) mass is 262 g/mol. The van der Waals surface area contributed by atoms with Crippen LogP contribution in [0.3, 0.4) is 0 Å². The van der Waals surface area contributed by atoms with E-state index in [2.05, 4.69) is 12.2 Å². The minimum Gasteiger partial charge on any atom is -0.355 e. The summed E-state index contributed by atoms with van der Waals surface area (Å²) >= 11 is 0. The molecule has 0 aromatic rings. The normalized spacial score (nSPS) is 16.2. The maximum Gasteiger partial charge on any atom is 0.235 e. The molecule has 0 bridgehead atoms. The highest BCUT2D eigenvalue weighted by Crippen LogP contribution is 2.07. The Kier molecular flexibility index (Phi) is 9.36. The number of hydrogen-bond donors (Lipinski definition) is 2. The number of unbranched alkanes of at least 4 members (excludes halogenated alkanes) is 2. The van der Waals surface area contributed by atoms with Gasteiger partial charge in [0.15, 0.2) is 0 Å². The fourth-order valence-electron chi connectivity index (χ4n) is 1.54. The fraction of sp³-hybridized carbons (Fsp3) is 0.917. The van der Waals surface area contributed by atoms with Gasteiger partial charge in [0.05, 0.1) is 0 Å². The molecule has 3 N–H and O–H groups in total. The molecule has 5 heteroatoms. The molecule has 0 aliphatic rings. The Balaban J connectivity index is 3.98. The first-order valence-corrected chi connectivity index (χ1v) is 7.69. The van der Waals surface area contributed by atoms with E-state index in [0.717, 1.165) is 19.3 Å². The van der Waals surface area contributed by atoms with Crippen LogP contribution in [0.1, 0.15) is 46.5 Å². The molecule has 0 aromatic heterocycles. The first-order chi connectivity index (χ1) is 8.04. The van der Waals surface area contributed by atoms with E-state index in [-0.39, 0.29) is 11.2 Å². The summed E-state index contributed by atoms with van der Waals surface area (Å²) in [6, 6.07) is 0. The third-order valence-corrected chi connectivity index (χ3v) is 4.71. The molecule has 0 radical (unpaired) electrons. The Morgan fingerprint density at radius 3 is 2.53 bits per heavy atom. The summed E-state index contributed by atoms with van der Waals surface area (Å²) in [5.74, 6) is -0.108. The number of nitrogens with two attached hydrogens (primary N) is 1. The minimum absolute atomic E-state index is 0.0172. The van der Waals surface area contributed by atoms with Crippen LogP contribution in [-0.2, 0) is 15.6 Å². The summed E-state index contributed by atoms with van der Waals surface area (Å²) < 4.78 is 12.0. The quantitative estimate of drug-likeness (QED) is 0.613. The number of hydrogen-bond acceptors (Lipinski definition) is 3. The van der Waals surface area contributed by atoms with Crippen LogP contribution in [0.4, 0.5) is 0 Å². The van der Waals surface area contributed by atoms with Crippen molar-refractivity contribution in [2.24, 2.45) is 5.73 Å². The van der Waals surface area contributed by atoms with Gasteiger partial charge in [-0.1, -0.05) is 26.7 Å². The van der Waals surface area contributed by atoms with Gasteiger partial charge in [-0.2, -0.15) is 0 Å². The maximum atomic E-state index is 12.0. The maximum absolute atomic E-state index is 12.0. The van der Waals surface area contributed by atoms with Crippen molar-refractivity contribution in [1.82, 2.24) is 5.32 Å². The molecule has 0 rings (SSSR count). The van der Waals surface area contributed by atoms with Crippen molar-refractivity contribution in [3.05, 3.63) is 0 Å². The lowest BCUT2D eigenvalue weighted by Crippen LogP contribution is -2.39. The summed E-state index contributed by atoms with van der Waals surface area (Å²) in [4.78, 5) is 11.7. The summed E-state index contributed by atoms with van der Waals surface area (Å²) in [6.45, 7) is 6.91. The van der Waals surface area contributed by atoms with E-state index in [9.17, 15) is 9.00 Å². The lowest BCUT2D eigenvalue weighted by atomic mass is 10.2. The fourth-order valence-corrected chi connectivity index (χ4v) is 2.89. The van der Waals surface area contributed by atoms with Crippen molar-refractivity contribution in [1.29, 1.82) is 0 Å². The Morgan fingerprint density at radius 1 is 1.35 bits per heavy atom. The highest BCUT2D eigenvalue weighted by atomic mass is 32.2. The van der Waals surface area contributed by atoms with Gasteiger partial charge in [-0.3, -0.25) is 9.00 Å². The summed E-state index contributed by atoms with van der Waals surface area (Å²) in [5.41, 5.74) is 5.42. The van der Waals surface area contributed by atoms with E-state index in [1.165, 1.54) is 0 Å². The minimum atomic E-state index is -1.14. The molecule has 0 spiro atoms. The summed E-state index contributed by atoms with van der Waals surface area (Å²) in [6.07, 6.45) is 3.92. The number of rotatable bonds is 9. The van der Waals surface area contributed by atoms with Crippen molar-refractivity contribution < 1.29 is 9.00 Å². The molecule has 3 atom stereocenters. The van der Waals surface area contributed by atoms with Gasteiger partial charge in [0, 0.05) is 22.6 Å². The van der Waals surface area contributed by atoms with Crippen LogP contribution in [0.15, 0.2) is 0 Å². The van der Waals surface area contributed by atoms with E-state index < -0.39 is 16.0 Å². The predicted octanol–water partition coefficient (Wildman–Crippen LogP) is 1.17. The average molecular weight is 262 g/mol. The molecule has 0 aliphatic heterocycles. The third kappa shape index (κ3) is 6.78. The largest absolute Gasteiger partial charge is 0.355 e. The van der Waals surface area contributed by atoms with Gasteiger partial charge in [0.2, 0.25) is 5.91 Å². The van der Waals surface area contributed by atoms with E-state index in [1.54, 1.807) is 6.92 Å². The highest BCUT2D eigenvalue weighted by molar-refractivity contribution is 7.87. The third-order valence-electron chi connectivity index (χ3n) is 2.77. The van der Waals surface area contributed by atoms with Gasteiger partial charge in [-0.05, 0) is 26.3 Å². The second kappa shape index (κ2) is 9.59. The number of carbonyl (C=O) groups excluding carboxylic acids is 1. The molecule has 0 saturated heterocycles. The Bertz CT molecular complexity index is 247. The number of nitrogens with one attached hydrogen (secondary N) is 1. The molecular weight excluding hydrogens is 236 g/mol. The van der Waals surface area contributed by atoms with Gasteiger partial charge >= 0.3 is 0 Å². The van der Waals surface area contributed by atoms with Gasteiger partial charge < -0.3 is 11.1 Å². The van der Waals surface area contributed by atoms with Crippen LogP contribution in [-0.4, -0.2) is 33.7 Å².